The quantitative estimate of drug-likeness (QED) is 0.467. The van der Waals surface area contributed by atoms with Crippen molar-refractivity contribution >= 4 is 34.7 Å². The number of halogens is 1. The van der Waals surface area contributed by atoms with Crippen molar-refractivity contribution in [1.29, 1.82) is 5.26 Å². The van der Waals surface area contributed by atoms with Crippen LogP contribution >= 0.6 is 0 Å². The lowest BCUT2D eigenvalue weighted by Crippen LogP contribution is -2.28. The van der Waals surface area contributed by atoms with Gasteiger partial charge in [-0.2, -0.15) is 14.9 Å². The second-order valence-corrected chi connectivity index (χ2v) is 6.11. The highest BCUT2D eigenvalue weighted by atomic mass is 19.1. The Bertz CT molecular complexity index is 1160. The number of fused-ring (bicyclic) bond motifs is 2. The maximum Gasteiger partial charge on any atom is 0.320 e. The molecule has 0 unspecified atom stereocenters. The van der Waals surface area contributed by atoms with Crippen molar-refractivity contribution in [1.82, 2.24) is 19.9 Å². The zero-order chi connectivity index (χ0) is 21.1. The molecular weight excluding hydrogens is 395 g/mol. The van der Waals surface area contributed by atoms with Crippen LogP contribution in [0.15, 0.2) is 24.4 Å². The Balaban J connectivity index is 1.71. The van der Waals surface area contributed by atoms with Crippen molar-refractivity contribution in [3.8, 4) is 17.6 Å². The molecule has 4 N–H and O–H groups in total. The number of amides is 2. The van der Waals surface area contributed by atoms with Crippen LogP contribution in [0.3, 0.4) is 0 Å². The molecule has 0 fully saturated rings. The lowest BCUT2D eigenvalue weighted by Gasteiger charge is -2.22. The first-order valence-corrected chi connectivity index (χ1v) is 8.94. The fraction of sp³-hybridized carbons (Fsp3) is 0.222. The van der Waals surface area contributed by atoms with Gasteiger partial charge in [0.15, 0.2) is 23.0 Å². The summed E-state index contributed by atoms with van der Waals surface area (Å²) in [7, 11) is 1.69. The summed E-state index contributed by atoms with van der Waals surface area (Å²) in [5.74, 6) is 0.983. The van der Waals surface area contributed by atoms with Gasteiger partial charge >= 0.3 is 6.03 Å². The molecule has 1 aliphatic heterocycles. The maximum absolute atomic E-state index is 14.5. The summed E-state index contributed by atoms with van der Waals surface area (Å²) in [4.78, 5) is 16.3. The molecule has 0 atom stereocenters. The molecule has 2 amide bonds. The Morgan fingerprint density at radius 1 is 1.37 bits per heavy atom. The van der Waals surface area contributed by atoms with E-state index in [2.05, 4.69) is 31.3 Å². The normalized spacial score (nSPS) is 12.2. The first-order chi connectivity index (χ1) is 14.6. The Morgan fingerprint density at radius 2 is 2.20 bits per heavy atom. The molecule has 0 bridgehead atoms. The number of urea groups is 1. The molecule has 30 heavy (non-hydrogen) atoms. The minimum atomic E-state index is -0.577. The van der Waals surface area contributed by atoms with Crippen LogP contribution in [0.2, 0.25) is 0 Å². The van der Waals surface area contributed by atoms with Crippen LogP contribution in [-0.2, 0) is 0 Å². The number of anilines is 4. The zero-order valence-corrected chi connectivity index (χ0v) is 15.8. The highest BCUT2D eigenvalue weighted by Crippen LogP contribution is 2.40. The number of hydrogen-bond donors (Lipinski definition) is 4. The molecule has 4 rings (SSSR count). The standard InChI is InChI=1S/C18H17FN8O3/c1-21-14-8-13(25-15-10(19)2-3-12-16(15)30-7-6-29-12)26-17-11(9-23-27(14)17)24-18(28)22-5-4-20/h2-3,8-9,21H,5-7H2,1H3,(H,25,26)(H2,22,24,28). The van der Waals surface area contributed by atoms with Gasteiger partial charge in [0.05, 0.1) is 12.3 Å². The lowest BCUT2D eigenvalue weighted by molar-refractivity contribution is 0.172. The molecule has 1 aliphatic rings. The van der Waals surface area contributed by atoms with E-state index in [0.29, 0.717) is 36.1 Å². The van der Waals surface area contributed by atoms with Crippen molar-refractivity contribution < 1.29 is 18.7 Å². The van der Waals surface area contributed by atoms with E-state index in [1.807, 2.05) is 6.07 Å². The van der Waals surface area contributed by atoms with E-state index in [4.69, 9.17) is 14.7 Å². The van der Waals surface area contributed by atoms with E-state index < -0.39 is 11.8 Å². The molecule has 0 saturated carbocycles. The summed E-state index contributed by atoms with van der Waals surface area (Å²) < 4.78 is 27.1. The largest absolute Gasteiger partial charge is 0.486 e. The molecule has 3 heterocycles. The minimum Gasteiger partial charge on any atom is -0.486 e. The van der Waals surface area contributed by atoms with Gasteiger partial charge in [0.1, 0.15) is 42.8 Å². The molecule has 12 heteroatoms. The van der Waals surface area contributed by atoms with Crippen molar-refractivity contribution in [3.05, 3.63) is 30.2 Å². The van der Waals surface area contributed by atoms with Crippen LogP contribution in [0.1, 0.15) is 0 Å². The molecule has 0 spiro atoms. The number of benzene rings is 1. The van der Waals surface area contributed by atoms with Crippen LogP contribution in [0.5, 0.6) is 11.5 Å². The van der Waals surface area contributed by atoms with Crippen molar-refractivity contribution in [3.63, 3.8) is 0 Å². The number of nitrogens with zero attached hydrogens (tertiary/aromatic N) is 4. The summed E-state index contributed by atoms with van der Waals surface area (Å²) in [6.07, 6.45) is 1.42. The topological polar surface area (TPSA) is 138 Å². The Kier molecular flexibility index (Phi) is 5.08. The van der Waals surface area contributed by atoms with Gasteiger partial charge in [-0.3, -0.25) is 0 Å². The molecule has 1 aromatic carbocycles. The SMILES string of the molecule is CNc1cc(Nc2c(F)ccc3c2OCCO3)nc2c(NC(=O)NCC#N)cnn12. The average Bonchev–Trinajstić information content (AvgIpc) is 3.16. The highest BCUT2D eigenvalue weighted by molar-refractivity contribution is 5.93. The van der Waals surface area contributed by atoms with E-state index in [0.717, 1.165) is 0 Å². The second kappa shape index (κ2) is 8.00. The van der Waals surface area contributed by atoms with E-state index in [9.17, 15) is 9.18 Å². The van der Waals surface area contributed by atoms with E-state index in [1.54, 1.807) is 13.1 Å². The summed E-state index contributed by atoms with van der Waals surface area (Å²) >= 11 is 0. The third-order valence-electron chi connectivity index (χ3n) is 4.22. The predicted octanol–water partition coefficient (Wildman–Crippen LogP) is 2.07. The fourth-order valence-corrected chi connectivity index (χ4v) is 2.92. The van der Waals surface area contributed by atoms with Gasteiger partial charge in [-0.05, 0) is 12.1 Å². The Labute approximate surface area is 169 Å². The average molecular weight is 412 g/mol. The van der Waals surface area contributed by atoms with Crippen LogP contribution in [-0.4, -0.2) is 47.4 Å². The first kappa shape index (κ1) is 19.1. The van der Waals surface area contributed by atoms with Crippen molar-refractivity contribution in [2.75, 3.05) is 42.8 Å². The monoisotopic (exact) mass is 412 g/mol. The number of nitriles is 1. The molecule has 2 aromatic heterocycles. The van der Waals surface area contributed by atoms with Gasteiger partial charge in [-0.1, -0.05) is 0 Å². The number of carbonyl (C=O) groups excluding carboxylic acids is 1. The summed E-state index contributed by atoms with van der Waals surface area (Å²) in [5.41, 5.74) is 0.700. The Hall–Kier alpha value is -4.27. The molecule has 0 saturated heterocycles. The molecule has 3 aromatic rings. The minimum absolute atomic E-state index is 0.0897. The molecule has 0 radical (unpaired) electrons. The number of nitrogens with one attached hydrogen (secondary N) is 4. The van der Waals surface area contributed by atoms with Gasteiger partial charge in [0, 0.05) is 13.1 Å². The molecule has 0 aliphatic carbocycles. The summed E-state index contributed by atoms with van der Waals surface area (Å²) in [6.45, 7) is 0.534. The number of hydrogen-bond acceptors (Lipinski definition) is 8. The van der Waals surface area contributed by atoms with Crippen LogP contribution in [0.4, 0.5) is 32.2 Å². The van der Waals surface area contributed by atoms with Crippen LogP contribution in [0, 0.1) is 17.1 Å². The number of rotatable bonds is 5. The molecular formula is C18H17FN8O3. The number of ether oxygens (including phenoxy) is 2. The zero-order valence-electron chi connectivity index (χ0n) is 15.8. The van der Waals surface area contributed by atoms with Crippen molar-refractivity contribution in [2.24, 2.45) is 0 Å². The third-order valence-corrected chi connectivity index (χ3v) is 4.22. The number of carbonyl (C=O) groups is 1. The summed E-state index contributed by atoms with van der Waals surface area (Å²) in [6, 6.07) is 5.64. The van der Waals surface area contributed by atoms with Gasteiger partial charge in [0.2, 0.25) is 0 Å². The Morgan fingerprint density at radius 3 is 3.00 bits per heavy atom. The fourth-order valence-electron chi connectivity index (χ4n) is 2.92. The maximum atomic E-state index is 14.5. The highest BCUT2D eigenvalue weighted by Gasteiger charge is 2.21. The van der Waals surface area contributed by atoms with Crippen LogP contribution < -0.4 is 30.7 Å². The van der Waals surface area contributed by atoms with Gasteiger partial charge in [-0.15, -0.1) is 0 Å². The van der Waals surface area contributed by atoms with E-state index >= 15 is 0 Å². The lowest BCUT2D eigenvalue weighted by atomic mass is 10.2. The van der Waals surface area contributed by atoms with E-state index in [-0.39, 0.29) is 23.8 Å². The third kappa shape index (κ3) is 3.55. The molecule has 11 nitrogen and oxygen atoms in total. The van der Waals surface area contributed by atoms with E-state index in [1.165, 1.54) is 22.8 Å². The first-order valence-electron chi connectivity index (χ1n) is 8.94. The number of aromatic nitrogens is 3. The van der Waals surface area contributed by atoms with Crippen LogP contribution in [0.25, 0.3) is 5.65 Å². The van der Waals surface area contributed by atoms with Crippen molar-refractivity contribution in [2.45, 2.75) is 0 Å². The predicted molar refractivity (Wildman–Crippen MR) is 106 cm³/mol. The summed E-state index contributed by atoms with van der Waals surface area (Å²) in [5, 5.41) is 23.6. The molecule has 154 valence electrons. The van der Waals surface area contributed by atoms with Gasteiger partial charge < -0.3 is 30.7 Å². The van der Waals surface area contributed by atoms with Gasteiger partial charge in [0.25, 0.3) is 0 Å². The smallest absolute Gasteiger partial charge is 0.320 e. The van der Waals surface area contributed by atoms with Gasteiger partial charge in [-0.25, -0.2) is 14.2 Å². The second-order valence-electron chi connectivity index (χ2n) is 6.11.